The molecule has 3 aromatic carbocycles. The summed E-state index contributed by atoms with van der Waals surface area (Å²) in [6.07, 6.45) is -5.06. The monoisotopic (exact) mass is 611 g/mol. The molecule has 2 atom stereocenters. The van der Waals surface area contributed by atoms with Crippen molar-refractivity contribution in [2.45, 2.75) is 31.6 Å². The first-order chi connectivity index (χ1) is 21.1. The average molecular weight is 612 g/mol. The third-order valence-electron chi connectivity index (χ3n) is 6.95. The van der Waals surface area contributed by atoms with Crippen LogP contribution in [0.2, 0.25) is 0 Å². The number of aromatic nitrogens is 2. The van der Waals surface area contributed by atoms with Crippen molar-refractivity contribution in [3.63, 3.8) is 0 Å². The van der Waals surface area contributed by atoms with E-state index in [-0.39, 0.29) is 35.4 Å². The van der Waals surface area contributed by atoms with Crippen molar-refractivity contribution in [1.29, 1.82) is 0 Å². The normalized spacial score (nSPS) is 16.9. The number of carbonyl (C=O) groups excluding carboxylic acids is 1. The van der Waals surface area contributed by atoms with Gasteiger partial charge in [-0.3, -0.25) is 14.9 Å². The van der Waals surface area contributed by atoms with Gasteiger partial charge in [-0.1, -0.05) is 6.07 Å². The highest BCUT2D eigenvalue weighted by molar-refractivity contribution is 6.03. The molecule has 2 aliphatic rings. The van der Waals surface area contributed by atoms with Gasteiger partial charge in [0.1, 0.15) is 23.1 Å². The molecule has 0 radical (unpaired) electrons. The third-order valence-corrected chi connectivity index (χ3v) is 6.95. The van der Waals surface area contributed by atoms with Gasteiger partial charge in [-0.15, -0.1) is 0 Å². The fourth-order valence-electron chi connectivity index (χ4n) is 4.95. The summed E-state index contributed by atoms with van der Waals surface area (Å²) in [7, 11) is 0. The molecular formula is C29H24F3N5O7. The summed E-state index contributed by atoms with van der Waals surface area (Å²) >= 11 is 0. The molecule has 15 heteroatoms. The minimum atomic E-state index is -4.67. The number of hydrogen-bond acceptors (Lipinski definition) is 9. The van der Waals surface area contributed by atoms with Crippen molar-refractivity contribution in [2.24, 2.45) is 0 Å². The summed E-state index contributed by atoms with van der Waals surface area (Å²) in [6.45, 7) is 2.33. The number of nitrogens with one attached hydrogen (secondary N) is 2. The standard InChI is InChI=1S/C29H24F3N5O7/c1-2-41-19-4-6-20(7-5-19)44-21-11-17(10-18(12-21)37(39)40)33-28(38)23-14-27-34-22(13-26(29(30,31)32)36(27)35-23)16-3-8-24-25(9-16)43-15-42-24/h3-12,14,22,26,34H,2,13,15H2,1H3,(H,33,38)/t22-,26-/m1/s1. The van der Waals surface area contributed by atoms with Gasteiger partial charge in [0.05, 0.1) is 29.3 Å². The van der Waals surface area contributed by atoms with Crippen molar-refractivity contribution in [3.8, 4) is 28.7 Å². The second-order valence-corrected chi connectivity index (χ2v) is 9.90. The Kier molecular flexibility index (Phi) is 7.36. The quantitative estimate of drug-likeness (QED) is 0.166. The van der Waals surface area contributed by atoms with E-state index in [1.807, 2.05) is 6.92 Å². The number of nitro benzene ring substituents is 1. The molecule has 0 saturated carbocycles. The van der Waals surface area contributed by atoms with Crippen LogP contribution in [-0.2, 0) is 0 Å². The van der Waals surface area contributed by atoms with Gasteiger partial charge in [0, 0.05) is 24.6 Å². The van der Waals surface area contributed by atoms with E-state index < -0.39 is 35.5 Å². The van der Waals surface area contributed by atoms with E-state index in [9.17, 15) is 28.1 Å². The Labute approximate surface area is 247 Å². The van der Waals surface area contributed by atoms with Crippen LogP contribution in [0, 0.1) is 10.1 Å². The molecule has 0 fully saturated rings. The zero-order chi connectivity index (χ0) is 31.0. The Morgan fingerprint density at radius 1 is 1.07 bits per heavy atom. The van der Waals surface area contributed by atoms with Crippen molar-refractivity contribution in [3.05, 3.63) is 88.1 Å². The predicted octanol–water partition coefficient (Wildman–Crippen LogP) is 6.62. The number of ether oxygens (including phenoxy) is 4. The summed E-state index contributed by atoms with van der Waals surface area (Å²) in [5.41, 5.74) is -0.180. The number of carbonyl (C=O) groups is 1. The summed E-state index contributed by atoms with van der Waals surface area (Å²) in [5, 5.41) is 21.0. The largest absolute Gasteiger partial charge is 0.494 e. The number of anilines is 2. The number of benzene rings is 3. The van der Waals surface area contributed by atoms with Crippen LogP contribution >= 0.6 is 0 Å². The molecule has 2 N–H and O–H groups in total. The van der Waals surface area contributed by atoms with Crippen LogP contribution in [0.25, 0.3) is 0 Å². The lowest BCUT2D eigenvalue weighted by molar-refractivity contribution is -0.384. The van der Waals surface area contributed by atoms with Crippen LogP contribution < -0.4 is 29.6 Å². The summed E-state index contributed by atoms with van der Waals surface area (Å²) in [4.78, 5) is 24.1. The Hall–Kier alpha value is -5.47. The number of nitro groups is 1. The Bertz CT molecular complexity index is 1730. The van der Waals surface area contributed by atoms with Gasteiger partial charge in [0.2, 0.25) is 6.79 Å². The van der Waals surface area contributed by atoms with Gasteiger partial charge in [-0.25, -0.2) is 4.68 Å². The Balaban J connectivity index is 1.24. The molecule has 2 aliphatic heterocycles. The molecule has 228 valence electrons. The van der Waals surface area contributed by atoms with Gasteiger partial charge < -0.3 is 29.6 Å². The number of alkyl halides is 3. The summed E-state index contributed by atoms with van der Waals surface area (Å²) in [5.74, 6) is 1.04. The average Bonchev–Trinajstić information content (AvgIpc) is 3.64. The van der Waals surface area contributed by atoms with Crippen molar-refractivity contribution < 1.29 is 41.8 Å². The zero-order valence-corrected chi connectivity index (χ0v) is 23.0. The fourth-order valence-corrected chi connectivity index (χ4v) is 4.95. The minimum Gasteiger partial charge on any atom is -0.494 e. The first-order valence-electron chi connectivity index (χ1n) is 13.4. The third kappa shape index (κ3) is 5.88. The predicted molar refractivity (Wildman–Crippen MR) is 150 cm³/mol. The molecule has 0 spiro atoms. The molecule has 3 heterocycles. The maximum Gasteiger partial charge on any atom is 0.410 e. The molecular weight excluding hydrogens is 587 g/mol. The molecule has 0 saturated heterocycles. The maximum atomic E-state index is 14.2. The number of non-ortho nitro benzene ring substituents is 1. The van der Waals surface area contributed by atoms with E-state index in [0.29, 0.717) is 35.2 Å². The van der Waals surface area contributed by atoms with Crippen LogP contribution in [0.5, 0.6) is 28.7 Å². The van der Waals surface area contributed by atoms with E-state index in [0.717, 1.165) is 10.7 Å². The maximum absolute atomic E-state index is 14.2. The highest BCUT2D eigenvalue weighted by Crippen LogP contribution is 2.45. The molecule has 1 amide bonds. The van der Waals surface area contributed by atoms with Gasteiger partial charge >= 0.3 is 6.18 Å². The number of amides is 1. The number of nitrogens with zero attached hydrogens (tertiary/aromatic N) is 3. The molecule has 0 aliphatic carbocycles. The lowest BCUT2D eigenvalue weighted by Gasteiger charge is -2.33. The molecule has 0 unspecified atom stereocenters. The van der Waals surface area contributed by atoms with E-state index >= 15 is 0 Å². The van der Waals surface area contributed by atoms with E-state index in [2.05, 4.69) is 15.7 Å². The molecule has 1 aromatic heterocycles. The van der Waals surface area contributed by atoms with Gasteiger partial charge in [0.15, 0.2) is 23.2 Å². The van der Waals surface area contributed by atoms with E-state index in [4.69, 9.17) is 18.9 Å². The summed E-state index contributed by atoms with van der Waals surface area (Å²) in [6, 6.07) is 13.5. The number of fused-ring (bicyclic) bond motifs is 2. The van der Waals surface area contributed by atoms with Crippen molar-refractivity contribution in [2.75, 3.05) is 24.0 Å². The highest BCUT2D eigenvalue weighted by Gasteiger charge is 2.47. The zero-order valence-electron chi connectivity index (χ0n) is 23.0. The SMILES string of the molecule is CCOc1ccc(Oc2cc(NC(=O)c3cc4n(n3)[C@@H](C(F)(F)F)C[C@H](c3ccc5c(c3)OCO5)N4)cc([N+](=O)[O-])c2)cc1. The number of hydrogen-bond donors (Lipinski definition) is 2. The second kappa shape index (κ2) is 11.3. The Morgan fingerprint density at radius 2 is 1.82 bits per heavy atom. The van der Waals surface area contributed by atoms with Crippen LogP contribution in [0.4, 0.5) is 30.4 Å². The molecule has 6 rings (SSSR count). The molecule has 0 bridgehead atoms. The van der Waals surface area contributed by atoms with Gasteiger partial charge in [-0.2, -0.15) is 18.3 Å². The summed E-state index contributed by atoms with van der Waals surface area (Å²) < 4.78 is 65.0. The topological polar surface area (TPSA) is 139 Å². The molecule has 4 aromatic rings. The van der Waals surface area contributed by atoms with E-state index in [1.54, 1.807) is 42.5 Å². The van der Waals surface area contributed by atoms with Gasteiger partial charge in [-0.05, 0) is 48.9 Å². The molecule has 12 nitrogen and oxygen atoms in total. The first kappa shape index (κ1) is 28.6. The minimum absolute atomic E-state index is 0.0188. The second-order valence-electron chi connectivity index (χ2n) is 9.90. The van der Waals surface area contributed by atoms with Crippen LogP contribution in [-0.4, -0.2) is 40.2 Å². The first-order valence-corrected chi connectivity index (χ1v) is 13.4. The van der Waals surface area contributed by atoms with Crippen LogP contribution in [0.1, 0.15) is 41.5 Å². The fraction of sp³-hybridized carbons (Fsp3) is 0.241. The van der Waals surface area contributed by atoms with E-state index in [1.165, 1.54) is 18.2 Å². The van der Waals surface area contributed by atoms with Crippen molar-refractivity contribution >= 4 is 23.1 Å². The number of rotatable bonds is 8. The van der Waals surface area contributed by atoms with Gasteiger partial charge in [0.25, 0.3) is 11.6 Å². The number of halogens is 3. The lowest BCUT2D eigenvalue weighted by Crippen LogP contribution is -2.35. The smallest absolute Gasteiger partial charge is 0.410 e. The van der Waals surface area contributed by atoms with Crippen LogP contribution in [0.3, 0.4) is 0 Å². The lowest BCUT2D eigenvalue weighted by atomic mass is 9.96. The molecule has 44 heavy (non-hydrogen) atoms. The van der Waals surface area contributed by atoms with Crippen molar-refractivity contribution in [1.82, 2.24) is 9.78 Å². The highest BCUT2D eigenvalue weighted by atomic mass is 19.4. The Morgan fingerprint density at radius 3 is 2.55 bits per heavy atom. The van der Waals surface area contributed by atoms with Crippen LogP contribution in [0.15, 0.2) is 66.7 Å².